The third-order valence-electron chi connectivity index (χ3n) is 4.71. The van der Waals surface area contributed by atoms with E-state index in [4.69, 9.17) is 0 Å². The van der Waals surface area contributed by atoms with Crippen LogP contribution in [-0.2, 0) is 7.05 Å². The second kappa shape index (κ2) is 8.14. The Kier molecular flexibility index (Phi) is 5.24. The number of fused-ring (bicyclic) bond motifs is 1. The minimum absolute atomic E-state index is 0.443. The van der Waals surface area contributed by atoms with Gasteiger partial charge in [0.2, 0.25) is 23.8 Å². The summed E-state index contributed by atoms with van der Waals surface area (Å²) >= 11 is 0. The van der Waals surface area contributed by atoms with E-state index in [2.05, 4.69) is 49.3 Å². The minimum Gasteiger partial charge on any atom is -0.341 e. The standard InChI is InChI=1S/C21H24N8/c1-4-29(5-2)21-26-18(22-15-11-7-6-8-12-15)24-19(27-21)25-20-23-16-13-9-10-14-17(16)28(20)3/h6-14H,4-5H2,1-3H3,(H2,22,23,24,25,26,27). The Morgan fingerprint density at radius 3 is 2.14 bits per heavy atom. The molecule has 0 amide bonds. The van der Waals surface area contributed by atoms with Crippen LogP contribution in [0.4, 0.5) is 29.5 Å². The predicted octanol–water partition coefficient (Wildman–Crippen LogP) is 4.09. The van der Waals surface area contributed by atoms with Gasteiger partial charge in [0.05, 0.1) is 11.0 Å². The van der Waals surface area contributed by atoms with Gasteiger partial charge in [-0.25, -0.2) is 4.98 Å². The van der Waals surface area contributed by atoms with Crippen molar-refractivity contribution in [3.63, 3.8) is 0 Å². The van der Waals surface area contributed by atoms with Crippen LogP contribution in [0.3, 0.4) is 0 Å². The summed E-state index contributed by atoms with van der Waals surface area (Å²) in [6, 6.07) is 17.8. The quantitative estimate of drug-likeness (QED) is 0.493. The van der Waals surface area contributed by atoms with E-state index in [-0.39, 0.29) is 0 Å². The zero-order chi connectivity index (χ0) is 20.2. The number of benzene rings is 2. The van der Waals surface area contributed by atoms with E-state index >= 15 is 0 Å². The molecule has 0 saturated heterocycles. The van der Waals surface area contributed by atoms with Crippen LogP contribution >= 0.6 is 0 Å². The van der Waals surface area contributed by atoms with E-state index in [1.807, 2.05) is 66.2 Å². The average molecular weight is 388 g/mol. The van der Waals surface area contributed by atoms with Gasteiger partial charge in [0.1, 0.15) is 0 Å². The van der Waals surface area contributed by atoms with E-state index < -0.39 is 0 Å². The smallest absolute Gasteiger partial charge is 0.236 e. The number of nitrogens with zero attached hydrogens (tertiary/aromatic N) is 6. The number of aryl methyl sites for hydroxylation is 1. The molecule has 8 heteroatoms. The zero-order valence-electron chi connectivity index (χ0n) is 16.8. The molecule has 2 aromatic carbocycles. The molecule has 148 valence electrons. The summed E-state index contributed by atoms with van der Waals surface area (Å²) in [4.78, 5) is 20.5. The minimum atomic E-state index is 0.443. The lowest BCUT2D eigenvalue weighted by atomic mass is 10.3. The van der Waals surface area contributed by atoms with E-state index in [0.717, 1.165) is 29.8 Å². The Balaban J connectivity index is 1.71. The summed E-state index contributed by atoms with van der Waals surface area (Å²) in [6.07, 6.45) is 0. The molecule has 0 fully saturated rings. The largest absolute Gasteiger partial charge is 0.341 e. The molecule has 0 radical (unpaired) electrons. The molecule has 0 aliphatic rings. The van der Waals surface area contributed by atoms with Crippen molar-refractivity contribution < 1.29 is 0 Å². The number of aromatic nitrogens is 5. The lowest BCUT2D eigenvalue weighted by Crippen LogP contribution is -2.25. The molecule has 4 rings (SSSR count). The molecule has 0 atom stereocenters. The van der Waals surface area contributed by atoms with Gasteiger partial charge >= 0.3 is 0 Å². The topological polar surface area (TPSA) is 83.8 Å². The second-order valence-electron chi connectivity index (χ2n) is 6.55. The van der Waals surface area contributed by atoms with Crippen molar-refractivity contribution in [1.82, 2.24) is 24.5 Å². The molecule has 0 saturated carbocycles. The second-order valence-corrected chi connectivity index (χ2v) is 6.55. The number of nitrogens with one attached hydrogen (secondary N) is 2. The summed E-state index contributed by atoms with van der Waals surface area (Å²) in [5.74, 6) is 2.21. The van der Waals surface area contributed by atoms with Crippen molar-refractivity contribution in [2.75, 3.05) is 28.6 Å². The highest BCUT2D eigenvalue weighted by Gasteiger charge is 2.14. The number of imidazole rings is 1. The fraction of sp³-hybridized carbons (Fsp3) is 0.238. The van der Waals surface area contributed by atoms with Gasteiger partial charge in [0.15, 0.2) is 0 Å². The van der Waals surface area contributed by atoms with Gasteiger partial charge in [-0.1, -0.05) is 30.3 Å². The number of rotatable bonds is 7. The first-order chi connectivity index (χ1) is 14.2. The number of anilines is 5. The molecule has 4 aromatic rings. The summed E-state index contributed by atoms with van der Waals surface area (Å²) in [7, 11) is 1.97. The van der Waals surface area contributed by atoms with Crippen LogP contribution in [0.1, 0.15) is 13.8 Å². The first-order valence-corrected chi connectivity index (χ1v) is 9.69. The van der Waals surface area contributed by atoms with E-state index in [1.54, 1.807) is 0 Å². The van der Waals surface area contributed by atoms with E-state index in [9.17, 15) is 0 Å². The normalized spacial score (nSPS) is 10.9. The lowest BCUT2D eigenvalue weighted by molar-refractivity contribution is 0.814. The molecule has 0 bridgehead atoms. The fourth-order valence-electron chi connectivity index (χ4n) is 3.13. The first-order valence-electron chi connectivity index (χ1n) is 9.69. The highest BCUT2D eigenvalue weighted by Crippen LogP contribution is 2.22. The summed E-state index contributed by atoms with van der Waals surface area (Å²) in [5, 5.41) is 6.51. The van der Waals surface area contributed by atoms with Crippen molar-refractivity contribution >= 4 is 40.5 Å². The SMILES string of the molecule is CCN(CC)c1nc(Nc2ccccc2)nc(Nc2nc3ccccc3n2C)n1. The maximum atomic E-state index is 4.65. The van der Waals surface area contributed by atoms with Gasteiger partial charge in [-0.05, 0) is 38.1 Å². The van der Waals surface area contributed by atoms with E-state index in [1.165, 1.54) is 0 Å². The fourth-order valence-corrected chi connectivity index (χ4v) is 3.13. The molecule has 29 heavy (non-hydrogen) atoms. The van der Waals surface area contributed by atoms with Crippen LogP contribution in [0.15, 0.2) is 54.6 Å². The van der Waals surface area contributed by atoms with Gasteiger partial charge < -0.3 is 14.8 Å². The van der Waals surface area contributed by atoms with Crippen LogP contribution in [0.2, 0.25) is 0 Å². The van der Waals surface area contributed by atoms with Crippen molar-refractivity contribution in [1.29, 1.82) is 0 Å². The first kappa shape index (κ1) is 18.7. The van der Waals surface area contributed by atoms with Gasteiger partial charge in [-0.3, -0.25) is 5.32 Å². The van der Waals surface area contributed by atoms with Crippen molar-refractivity contribution in [2.24, 2.45) is 7.05 Å². The van der Waals surface area contributed by atoms with Crippen LogP contribution in [0.5, 0.6) is 0 Å². The highest BCUT2D eigenvalue weighted by atomic mass is 15.3. The number of hydrogen-bond acceptors (Lipinski definition) is 7. The van der Waals surface area contributed by atoms with Crippen LogP contribution in [0.25, 0.3) is 11.0 Å². The number of para-hydroxylation sites is 3. The Bertz CT molecular complexity index is 1100. The van der Waals surface area contributed by atoms with Crippen molar-refractivity contribution in [3.8, 4) is 0 Å². The van der Waals surface area contributed by atoms with Crippen molar-refractivity contribution in [3.05, 3.63) is 54.6 Å². The monoisotopic (exact) mass is 388 g/mol. The molecular formula is C21H24N8. The van der Waals surface area contributed by atoms with Crippen molar-refractivity contribution in [2.45, 2.75) is 13.8 Å². The van der Waals surface area contributed by atoms with Gasteiger partial charge in [0.25, 0.3) is 0 Å². The lowest BCUT2D eigenvalue weighted by Gasteiger charge is -2.19. The maximum absolute atomic E-state index is 4.65. The Hall–Kier alpha value is -3.68. The third kappa shape index (κ3) is 3.96. The van der Waals surface area contributed by atoms with E-state index in [0.29, 0.717) is 23.8 Å². The summed E-state index contributed by atoms with van der Waals surface area (Å²) in [5.41, 5.74) is 2.87. The van der Waals surface area contributed by atoms with Gasteiger partial charge in [0, 0.05) is 25.8 Å². The van der Waals surface area contributed by atoms with Crippen LogP contribution < -0.4 is 15.5 Å². The summed E-state index contributed by atoms with van der Waals surface area (Å²) in [6.45, 7) is 5.76. The van der Waals surface area contributed by atoms with Crippen LogP contribution in [-0.4, -0.2) is 37.6 Å². The molecule has 2 heterocycles. The molecule has 0 unspecified atom stereocenters. The molecule has 2 N–H and O–H groups in total. The summed E-state index contributed by atoms with van der Waals surface area (Å²) < 4.78 is 1.99. The van der Waals surface area contributed by atoms with Gasteiger partial charge in [-0.2, -0.15) is 15.0 Å². The Morgan fingerprint density at radius 2 is 1.45 bits per heavy atom. The predicted molar refractivity (Wildman–Crippen MR) is 117 cm³/mol. The molecule has 2 aromatic heterocycles. The van der Waals surface area contributed by atoms with Gasteiger partial charge in [-0.15, -0.1) is 0 Å². The number of hydrogen-bond donors (Lipinski definition) is 2. The Morgan fingerprint density at radius 1 is 0.793 bits per heavy atom. The molecule has 0 aliphatic carbocycles. The zero-order valence-corrected chi connectivity index (χ0v) is 16.8. The average Bonchev–Trinajstić information content (AvgIpc) is 3.05. The Labute approximate surface area is 169 Å². The highest BCUT2D eigenvalue weighted by molar-refractivity contribution is 5.79. The molecular weight excluding hydrogens is 364 g/mol. The van der Waals surface area contributed by atoms with Crippen LogP contribution in [0, 0.1) is 0 Å². The molecule has 0 aliphatic heterocycles. The maximum Gasteiger partial charge on any atom is 0.236 e. The molecule has 8 nitrogen and oxygen atoms in total. The third-order valence-corrected chi connectivity index (χ3v) is 4.71. The molecule has 0 spiro atoms.